The highest BCUT2D eigenvalue weighted by molar-refractivity contribution is 6.02. The Morgan fingerprint density at radius 2 is 1.85 bits per heavy atom. The van der Waals surface area contributed by atoms with Crippen LogP contribution < -0.4 is 10.5 Å². The Morgan fingerprint density at radius 1 is 1.07 bits per heavy atom. The molecule has 0 aliphatic heterocycles. The van der Waals surface area contributed by atoms with E-state index in [0.717, 1.165) is 22.3 Å². The first-order valence-corrected chi connectivity index (χ1v) is 12.6. The summed E-state index contributed by atoms with van der Waals surface area (Å²) in [5.74, 6) is -0.873. The van der Waals surface area contributed by atoms with E-state index in [9.17, 15) is 19.7 Å². The molecule has 204 valence electrons. The molecule has 0 radical (unpaired) electrons. The van der Waals surface area contributed by atoms with Gasteiger partial charge in [0, 0.05) is 16.9 Å². The Kier molecular flexibility index (Phi) is 7.67. The van der Waals surface area contributed by atoms with Gasteiger partial charge in [-0.3, -0.25) is 24.2 Å². The zero-order valence-corrected chi connectivity index (χ0v) is 21.5. The number of H-pyrrole nitrogens is 1. The standard InChI is InChI=1S/C28H25N5O7/c1-2-38-27-29-23-10-5-9-22(26(34)39-16-6-15-33(36)37)24(23)32(27)17-18-11-13-19(14-12-18)20-7-3-4-8-21(20)25-30-28(35)40-31-25/h3-5,7-14H,2,6,15-17H2,1H3,(H,30,31,35). The molecule has 5 rings (SSSR count). The number of benzene rings is 3. The van der Waals surface area contributed by atoms with Crippen LogP contribution in [0.2, 0.25) is 0 Å². The number of rotatable bonds is 11. The minimum absolute atomic E-state index is 0.0617. The summed E-state index contributed by atoms with van der Waals surface area (Å²) in [6.07, 6.45) is 0.125. The summed E-state index contributed by atoms with van der Waals surface area (Å²) in [7, 11) is 0. The molecule has 3 aromatic carbocycles. The molecule has 0 bridgehead atoms. The Balaban J connectivity index is 1.45. The predicted octanol–water partition coefficient (Wildman–Crippen LogP) is 4.32. The van der Waals surface area contributed by atoms with Gasteiger partial charge in [-0.1, -0.05) is 59.8 Å². The number of imidazole rings is 1. The quantitative estimate of drug-likeness (QED) is 0.111. The highest BCUT2D eigenvalue weighted by atomic mass is 16.6. The van der Waals surface area contributed by atoms with Crippen LogP contribution >= 0.6 is 0 Å². The molecule has 0 unspecified atom stereocenters. The maximum Gasteiger partial charge on any atom is 0.439 e. The fraction of sp³-hybridized carbons (Fsp3) is 0.214. The maximum absolute atomic E-state index is 12.9. The number of hydrogen-bond acceptors (Lipinski definition) is 9. The molecule has 0 saturated carbocycles. The molecule has 12 nitrogen and oxygen atoms in total. The number of carbonyl (C=O) groups excluding carboxylic acids is 1. The van der Waals surface area contributed by atoms with E-state index in [4.69, 9.17) is 9.47 Å². The van der Waals surface area contributed by atoms with Crippen LogP contribution in [0.25, 0.3) is 33.5 Å². The number of nitrogens with one attached hydrogen (secondary N) is 1. The second-order valence-corrected chi connectivity index (χ2v) is 8.82. The van der Waals surface area contributed by atoms with Crippen molar-refractivity contribution in [3.8, 4) is 28.5 Å². The SMILES string of the molecule is CCOc1nc2cccc(C(=O)OCCC[N+](=O)[O-])c2n1Cc1ccc(-c2ccccc2-c2noc(=O)[nH]2)cc1. The zero-order valence-electron chi connectivity index (χ0n) is 21.5. The summed E-state index contributed by atoms with van der Waals surface area (Å²) in [5.41, 5.74) is 4.83. The number of nitrogens with zero attached hydrogens (tertiary/aromatic N) is 4. The van der Waals surface area contributed by atoms with Crippen molar-refractivity contribution in [2.75, 3.05) is 19.8 Å². The largest absolute Gasteiger partial charge is 0.465 e. The second-order valence-electron chi connectivity index (χ2n) is 8.82. The summed E-state index contributed by atoms with van der Waals surface area (Å²) in [4.78, 5) is 41.7. The first kappa shape index (κ1) is 26.4. The van der Waals surface area contributed by atoms with Crippen LogP contribution in [0.15, 0.2) is 76.0 Å². The average molecular weight is 544 g/mol. The van der Waals surface area contributed by atoms with Crippen molar-refractivity contribution in [1.29, 1.82) is 0 Å². The van der Waals surface area contributed by atoms with Crippen molar-refractivity contribution in [2.45, 2.75) is 19.9 Å². The molecule has 0 amide bonds. The normalized spacial score (nSPS) is 11.0. The van der Waals surface area contributed by atoms with Crippen LogP contribution in [0, 0.1) is 10.1 Å². The molecule has 2 heterocycles. The lowest BCUT2D eigenvalue weighted by Gasteiger charge is -2.13. The van der Waals surface area contributed by atoms with Gasteiger partial charge in [0.1, 0.15) is 0 Å². The Bertz CT molecular complexity index is 1720. The van der Waals surface area contributed by atoms with E-state index in [0.29, 0.717) is 41.6 Å². The number of fused-ring (bicyclic) bond motifs is 1. The number of nitro groups is 1. The van der Waals surface area contributed by atoms with E-state index in [1.165, 1.54) is 0 Å². The van der Waals surface area contributed by atoms with Gasteiger partial charge in [-0.2, -0.15) is 4.98 Å². The summed E-state index contributed by atoms with van der Waals surface area (Å²) in [5, 5.41) is 14.4. The van der Waals surface area contributed by atoms with Gasteiger partial charge in [0.2, 0.25) is 6.54 Å². The molecule has 0 fully saturated rings. The van der Waals surface area contributed by atoms with Crippen LogP contribution in [0.1, 0.15) is 29.3 Å². The van der Waals surface area contributed by atoms with Crippen LogP contribution in [0.4, 0.5) is 0 Å². The summed E-state index contributed by atoms with van der Waals surface area (Å²) in [6.45, 7) is 2.25. The smallest absolute Gasteiger partial charge is 0.439 e. The van der Waals surface area contributed by atoms with Gasteiger partial charge < -0.3 is 9.47 Å². The maximum atomic E-state index is 12.9. The lowest BCUT2D eigenvalue weighted by molar-refractivity contribution is -0.480. The van der Waals surface area contributed by atoms with E-state index >= 15 is 0 Å². The van der Waals surface area contributed by atoms with E-state index < -0.39 is 16.6 Å². The Morgan fingerprint density at radius 3 is 2.55 bits per heavy atom. The number of para-hydroxylation sites is 1. The molecule has 0 aliphatic carbocycles. The van der Waals surface area contributed by atoms with Gasteiger partial charge in [-0.15, -0.1) is 0 Å². The van der Waals surface area contributed by atoms with Crippen LogP contribution in [-0.2, 0) is 11.3 Å². The van der Waals surface area contributed by atoms with E-state index in [1.807, 2.05) is 60.0 Å². The van der Waals surface area contributed by atoms with Crippen LogP contribution in [0.3, 0.4) is 0 Å². The van der Waals surface area contributed by atoms with Gasteiger partial charge in [0.25, 0.3) is 6.01 Å². The summed E-state index contributed by atoms with van der Waals surface area (Å²) >= 11 is 0. The molecular formula is C28H25N5O7. The molecule has 40 heavy (non-hydrogen) atoms. The molecule has 5 aromatic rings. The first-order valence-electron chi connectivity index (χ1n) is 12.6. The highest BCUT2D eigenvalue weighted by Gasteiger charge is 2.21. The number of carbonyl (C=O) groups is 1. The first-order chi connectivity index (χ1) is 19.4. The molecule has 1 N–H and O–H groups in total. The van der Waals surface area contributed by atoms with Crippen molar-refractivity contribution in [3.63, 3.8) is 0 Å². The van der Waals surface area contributed by atoms with Crippen LogP contribution in [-0.4, -0.2) is 50.3 Å². The third-order valence-electron chi connectivity index (χ3n) is 6.17. The lowest BCUT2D eigenvalue weighted by Crippen LogP contribution is -2.12. The van der Waals surface area contributed by atoms with Gasteiger partial charge in [-0.05, 0) is 35.7 Å². The molecule has 0 atom stereocenters. The number of ether oxygens (including phenoxy) is 2. The van der Waals surface area contributed by atoms with Crippen molar-refractivity contribution in [2.24, 2.45) is 0 Å². The summed E-state index contributed by atoms with van der Waals surface area (Å²) in [6, 6.07) is 20.8. The number of aromatic nitrogens is 4. The second kappa shape index (κ2) is 11.6. The van der Waals surface area contributed by atoms with Gasteiger partial charge in [0.05, 0.1) is 36.4 Å². The van der Waals surface area contributed by atoms with Crippen LogP contribution in [0.5, 0.6) is 6.01 Å². The topological polar surface area (TPSA) is 155 Å². The molecular weight excluding hydrogens is 518 g/mol. The van der Waals surface area contributed by atoms with E-state index in [2.05, 4.69) is 19.6 Å². The fourth-order valence-electron chi connectivity index (χ4n) is 4.41. The highest BCUT2D eigenvalue weighted by Crippen LogP contribution is 2.31. The minimum Gasteiger partial charge on any atom is -0.465 e. The monoisotopic (exact) mass is 543 g/mol. The molecule has 2 aromatic heterocycles. The van der Waals surface area contributed by atoms with E-state index in [1.54, 1.807) is 18.2 Å². The number of esters is 1. The summed E-state index contributed by atoms with van der Waals surface area (Å²) < 4.78 is 17.6. The van der Waals surface area contributed by atoms with Crippen molar-refractivity contribution in [3.05, 3.63) is 98.5 Å². The Labute approximate surface area is 227 Å². The third-order valence-corrected chi connectivity index (χ3v) is 6.17. The van der Waals surface area contributed by atoms with Gasteiger partial charge in [-0.25, -0.2) is 9.59 Å². The van der Waals surface area contributed by atoms with Gasteiger partial charge >= 0.3 is 11.7 Å². The molecule has 0 spiro atoms. The minimum atomic E-state index is -0.627. The molecule has 0 saturated heterocycles. The average Bonchev–Trinajstić information content (AvgIpc) is 3.54. The number of hydrogen-bond donors (Lipinski definition) is 1. The fourth-order valence-corrected chi connectivity index (χ4v) is 4.41. The Hall–Kier alpha value is -5.26. The van der Waals surface area contributed by atoms with Gasteiger partial charge in [0.15, 0.2) is 5.82 Å². The number of aromatic amines is 1. The predicted molar refractivity (Wildman–Crippen MR) is 145 cm³/mol. The van der Waals surface area contributed by atoms with Crippen molar-refractivity contribution >= 4 is 17.0 Å². The lowest BCUT2D eigenvalue weighted by atomic mass is 9.98. The van der Waals surface area contributed by atoms with Crippen molar-refractivity contribution < 1.29 is 23.7 Å². The third kappa shape index (κ3) is 5.60. The molecule has 12 heteroatoms. The van der Waals surface area contributed by atoms with E-state index in [-0.39, 0.29) is 19.6 Å². The molecule has 0 aliphatic rings. The zero-order chi connectivity index (χ0) is 28.1. The van der Waals surface area contributed by atoms with Crippen molar-refractivity contribution in [1.82, 2.24) is 19.7 Å².